The minimum Gasteiger partial charge on any atom is -0.487 e. The van der Waals surface area contributed by atoms with E-state index in [0.717, 1.165) is 31.2 Å². The van der Waals surface area contributed by atoms with Crippen LogP contribution >= 0.6 is 0 Å². The van der Waals surface area contributed by atoms with E-state index in [1.54, 1.807) is 12.1 Å². The van der Waals surface area contributed by atoms with Crippen molar-refractivity contribution < 1.29 is 49.3 Å². The quantitative estimate of drug-likeness (QED) is 0.322. The van der Waals surface area contributed by atoms with Gasteiger partial charge in [0.05, 0.1) is 0 Å². The Morgan fingerprint density at radius 1 is 1.08 bits per heavy atom. The molecule has 1 aliphatic carbocycles. The summed E-state index contributed by atoms with van der Waals surface area (Å²) in [6.07, 6.45) is -2.36. The number of unbranched alkanes of at least 4 members (excludes halogenated alkanes) is 2. The zero-order valence-electron chi connectivity index (χ0n) is 21.3. The number of ether oxygens (including phenoxy) is 3. The minimum absolute atomic E-state index is 0.0623. The highest BCUT2D eigenvalue weighted by Gasteiger charge is 2.50. The van der Waals surface area contributed by atoms with Crippen molar-refractivity contribution in [2.45, 2.75) is 102 Å². The van der Waals surface area contributed by atoms with Crippen molar-refractivity contribution in [2.24, 2.45) is 5.92 Å². The summed E-state index contributed by atoms with van der Waals surface area (Å²) in [5.74, 6) is -2.14. The summed E-state index contributed by atoms with van der Waals surface area (Å²) in [6.45, 7) is 6.05. The fourth-order valence-electron chi connectivity index (χ4n) is 5.67. The molecule has 5 unspecified atom stereocenters. The van der Waals surface area contributed by atoms with E-state index in [0.29, 0.717) is 29.7 Å². The first-order valence-electron chi connectivity index (χ1n) is 12.8. The van der Waals surface area contributed by atoms with E-state index in [4.69, 9.17) is 14.2 Å². The number of aliphatic carboxylic acids is 2. The van der Waals surface area contributed by atoms with Gasteiger partial charge in [-0.15, -0.1) is 0 Å². The van der Waals surface area contributed by atoms with Gasteiger partial charge in [0.25, 0.3) is 0 Å². The van der Waals surface area contributed by atoms with Crippen LogP contribution in [0, 0.1) is 5.92 Å². The Kier molecular flexibility index (Phi) is 7.85. The number of fused-ring (bicyclic) bond motifs is 3. The molecule has 0 aromatic heterocycles. The average molecular weight is 521 g/mol. The molecule has 0 spiro atoms. The third-order valence-corrected chi connectivity index (χ3v) is 7.70. The number of aliphatic hydroxyl groups is 3. The highest BCUT2D eigenvalue weighted by atomic mass is 16.7. The third kappa shape index (κ3) is 5.34. The van der Waals surface area contributed by atoms with Crippen LogP contribution in [-0.2, 0) is 20.7 Å². The maximum absolute atomic E-state index is 11.8. The van der Waals surface area contributed by atoms with Gasteiger partial charge in [0.15, 0.2) is 6.10 Å². The first-order valence-corrected chi connectivity index (χ1v) is 12.8. The molecule has 0 bridgehead atoms. The number of aliphatic hydroxyl groups excluding tert-OH is 3. The lowest BCUT2D eigenvalue weighted by Crippen LogP contribution is -2.61. The molecule has 7 atom stereocenters. The van der Waals surface area contributed by atoms with E-state index in [1.807, 2.05) is 19.9 Å². The number of hydrogen-bond donors (Lipinski definition) is 5. The van der Waals surface area contributed by atoms with Crippen molar-refractivity contribution in [2.75, 3.05) is 0 Å². The van der Waals surface area contributed by atoms with E-state index in [1.165, 1.54) is 0 Å². The summed E-state index contributed by atoms with van der Waals surface area (Å²) in [5, 5.41) is 50.0. The second kappa shape index (κ2) is 10.6. The Morgan fingerprint density at radius 2 is 1.81 bits per heavy atom. The first-order chi connectivity index (χ1) is 17.4. The van der Waals surface area contributed by atoms with Gasteiger partial charge in [0.2, 0.25) is 6.29 Å². The molecule has 2 aliphatic heterocycles. The molecule has 3 aliphatic rings. The zero-order valence-corrected chi connectivity index (χ0v) is 21.3. The Hall–Kier alpha value is -2.66. The molecule has 1 fully saturated rings. The van der Waals surface area contributed by atoms with Crippen LogP contribution in [0.2, 0.25) is 0 Å². The summed E-state index contributed by atoms with van der Waals surface area (Å²) in [5.41, 5.74) is 1.19. The van der Waals surface area contributed by atoms with Crippen molar-refractivity contribution in [1.29, 1.82) is 0 Å². The zero-order chi connectivity index (χ0) is 27.1. The smallest absolute Gasteiger partial charge is 0.335 e. The van der Waals surface area contributed by atoms with Crippen LogP contribution < -0.4 is 9.47 Å². The molecule has 10 heteroatoms. The van der Waals surface area contributed by atoms with E-state index >= 15 is 0 Å². The average Bonchev–Trinajstić information content (AvgIpc) is 2.83. The molecule has 5 N–H and O–H groups in total. The highest BCUT2D eigenvalue weighted by molar-refractivity contribution is 5.87. The third-order valence-electron chi connectivity index (χ3n) is 7.70. The predicted octanol–water partition coefficient (Wildman–Crippen LogP) is 2.37. The molecule has 0 radical (unpaired) electrons. The second-order valence-electron chi connectivity index (χ2n) is 10.7. The van der Waals surface area contributed by atoms with Crippen LogP contribution in [0.5, 0.6) is 11.5 Å². The van der Waals surface area contributed by atoms with Crippen LogP contribution in [0.25, 0.3) is 0 Å². The molecular weight excluding hydrogens is 484 g/mol. The maximum atomic E-state index is 11.8. The minimum atomic E-state index is -1.84. The molecular formula is C27H36O10. The predicted molar refractivity (Wildman–Crippen MR) is 131 cm³/mol. The Morgan fingerprint density at radius 3 is 2.46 bits per heavy atom. The molecule has 2 heterocycles. The molecule has 1 aromatic rings. The van der Waals surface area contributed by atoms with Gasteiger partial charge >= 0.3 is 11.9 Å². The highest BCUT2D eigenvalue weighted by Crippen LogP contribution is 2.54. The lowest BCUT2D eigenvalue weighted by Gasteiger charge is -2.47. The van der Waals surface area contributed by atoms with Crippen molar-refractivity contribution in [1.82, 2.24) is 0 Å². The van der Waals surface area contributed by atoms with E-state index < -0.39 is 48.2 Å². The summed E-state index contributed by atoms with van der Waals surface area (Å²) >= 11 is 0. The number of aryl methyl sites for hydroxylation is 1. The SMILES string of the molecule is CCCCCc1cc(OC2OC(C(=O)O)C(O)C(O)C2O)c2c(c1)OC(C)(C)[C@@H]1CCC(C(=O)O)=C[C@@H]21. The number of carbonyl (C=O) groups is 2. The topological polar surface area (TPSA) is 163 Å². The normalized spacial score (nSPS) is 32.4. The molecule has 1 saturated heterocycles. The fraction of sp³-hybridized carbons (Fsp3) is 0.630. The van der Waals surface area contributed by atoms with E-state index in [9.17, 15) is 35.1 Å². The van der Waals surface area contributed by atoms with Crippen molar-refractivity contribution in [3.05, 3.63) is 34.9 Å². The van der Waals surface area contributed by atoms with Gasteiger partial charge < -0.3 is 39.7 Å². The molecule has 0 amide bonds. The van der Waals surface area contributed by atoms with Crippen LogP contribution in [0.4, 0.5) is 0 Å². The maximum Gasteiger partial charge on any atom is 0.335 e. The van der Waals surface area contributed by atoms with Crippen LogP contribution in [0.15, 0.2) is 23.8 Å². The monoisotopic (exact) mass is 520 g/mol. The van der Waals surface area contributed by atoms with Gasteiger partial charge in [0, 0.05) is 23.0 Å². The molecule has 204 valence electrons. The number of rotatable bonds is 8. The lowest BCUT2D eigenvalue weighted by atomic mass is 9.67. The number of hydrogen-bond acceptors (Lipinski definition) is 8. The van der Waals surface area contributed by atoms with Gasteiger partial charge in [0.1, 0.15) is 35.4 Å². The molecule has 4 rings (SSSR count). The van der Waals surface area contributed by atoms with Crippen molar-refractivity contribution >= 4 is 11.9 Å². The summed E-state index contributed by atoms with van der Waals surface area (Å²) < 4.78 is 17.9. The number of carboxylic acids is 2. The van der Waals surface area contributed by atoms with Crippen LogP contribution in [0.1, 0.15) is 69.9 Å². The Bertz CT molecular complexity index is 1060. The Labute approximate surface area is 215 Å². The number of allylic oxidation sites excluding steroid dienone is 1. The van der Waals surface area contributed by atoms with Gasteiger partial charge in [-0.25, -0.2) is 9.59 Å². The summed E-state index contributed by atoms with van der Waals surface area (Å²) in [6, 6.07) is 3.70. The van der Waals surface area contributed by atoms with E-state index in [2.05, 4.69) is 6.92 Å². The molecule has 37 heavy (non-hydrogen) atoms. The first kappa shape index (κ1) is 27.4. The van der Waals surface area contributed by atoms with E-state index in [-0.39, 0.29) is 17.6 Å². The number of benzene rings is 1. The molecule has 10 nitrogen and oxygen atoms in total. The standard InChI is InChI=1S/C27H36O10/c1-4-5-6-7-13-10-17(35-26-22(30)20(28)21(29)23(36-26)25(33)34)19-15-12-14(24(31)32)8-9-16(15)27(2,3)37-18(19)11-13/h10-12,15-16,20-23,26,28-30H,4-9H2,1-3H3,(H,31,32)(H,33,34)/t15-,16-,20?,21?,22?,23?,26?/m1/s1. The largest absolute Gasteiger partial charge is 0.487 e. The van der Waals surface area contributed by atoms with Crippen molar-refractivity contribution in [3.8, 4) is 11.5 Å². The fourth-order valence-corrected chi connectivity index (χ4v) is 5.67. The van der Waals surface area contributed by atoms with Gasteiger partial charge in [-0.05, 0) is 57.2 Å². The van der Waals surface area contributed by atoms with Gasteiger partial charge in [-0.1, -0.05) is 25.8 Å². The van der Waals surface area contributed by atoms with Gasteiger partial charge in [-0.3, -0.25) is 0 Å². The summed E-state index contributed by atoms with van der Waals surface area (Å²) in [7, 11) is 0. The molecule has 0 saturated carbocycles. The Balaban J connectivity index is 1.79. The summed E-state index contributed by atoms with van der Waals surface area (Å²) in [4.78, 5) is 23.4. The van der Waals surface area contributed by atoms with Crippen molar-refractivity contribution in [3.63, 3.8) is 0 Å². The van der Waals surface area contributed by atoms with Crippen LogP contribution in [0.3, 0.4) is 0 Å². The lowest BCUT2D eigenvalue weighted by molar-refractivity contribution is -0.271. The second-order valence-corrected chi connectivity index (χ2v) is 10.7. The number of carboxylic acid groups (broad SMARTS) is 2. The van der Waals surface area contributed by atoms with Crippen LogP contribution in [-0.4, -0.2) is 73.8 Å². The van der Waals surface area contributed by atoms with Gasteiger partial charge in [-0.2, -0.15) is 0 Å². The molecule has 1 aromatic carbocycles.